The van der Waals surface area contributed by atoms with Crippen LogP contribution in [0.5, 0.6) is 5.88 Å². The lowest BCUT2D eigenvalue weighted by molar-refractivity contribution is -0.133. The Labute approximate surface area is 93.6 Å². The number of aliphatic hydroxyl groups is 1. The minimum absolute atomic E-state index is 0.296. The summed E-state index contributed by atoms with van der Waals surface area (Å²) < 4.78 is 5.10. The summed E-state index contributed by atoms with van der Waals surface area (Å²) in [6, 6.07) is 1.66. The second kappa shape index (κ2) is 3.72. The molecule has 4 nitrogen and oxygen atoms in total. The molecule has 0 aromatic carbocycles. The smallest absolute Gasteiger partial charge is 0.220 e. The molecule has 1 unspecified atom stereocenters. The molecular formula is C12H13NO3. The molecule has 0 spiro atoms. The molecule has 0 fully saturated rings. The average Bonchev–Trinajstić information content (AvgIpc) is 2.33. The highest BCUT2D eigenvalue weighted by Crippen LogP contribution is 2.36. The molecule has 16 heavy (non-hydrogen) atoms. The Bertz CT molecular complexity index is 467. The molecule has 0 radical (unpaired) electrons. The molecule has 1 atom stereocenters. The maximum Gasteiger partial charge on any atom is 0.220 e. The lowest BCUT2D eigenvalue weighted by atomic mass is 9.81. The van der Waals surface area contributed by atoms with Crippen molar-refractivity contribution in [2.75, 3.05) is 7.11 Å². The average molecular weight is 219 g/mol. The van der Waals surface area contributed by atoms with Crippen LogP contribution in [-0.2, 0) is 10.4 Å². The Kier molecular flexibility index (Phi) is 2.52. The maximum absolute atomic E-state index is 11.7. The summed E-state index contributed by atoms with van der Waals surface area (Å²) in [5.41, 5.74) is -0.205. The molecule has 1 aromatic rings. The number of hydrogen-bond acceptors (Lipinski definition) is 4. The zero-order valence-electron chi connectivity index (χ0n) is 9.23. The second-order valence-corrected chi connectivity index (χ2v) is 3.69. The van der Waals surface area contributed by atoms with Gasteiger partial charge in [-0.1, -0.05) is 6.92 Å². The van der Waals surface area contributed by atoms with Gasteiger partial charge >= 0.3 is 0 Å². The quantitative estimate of drug-likeness (QED) is 0.814. The van der Waals surface area contributed by atoms with Crippen LogP contribution in [0.4, 0.5) is 0 Å². The summed E-state index contributed by atoms with van der Waals surface area (Å²) in [5, 5.41) is 10.3. The van der Waals surface area contributed by atoms with Gasteiger partial charge in [0.25, 0.3) is 0 Å². The first-order chi connectivity index (χ1) is 7.63. The fourth-order valence-corrected chi connectivity index (χ4v) is 1.93. The summed E-state index contributed by atoms with van der Waals surface area (Å²) in [4.78, 5) is 15.8. The Morgan fingerprint density at radius 2 is 2.25 bits per heavy atom. The monoisotopic (exact) mass is 219 g/mol. The Morgan fingerprint density at radius 3 is 2.88 bits per heavy atom. The number of hydrogen-bond donors (Lipinski definition) is 1. The molecule has 2 rings (SSSR count). The number of methoxy groups -OCH3 is 1. The summed E-state index contributed by atoms with van der Waals surface area (Å²) in [6.45, 7) is 1.77. The first-order valence-corrected chi connectivity index (χ1v) is 5.12. The van der Waals surface area contributed by atoms with Crippen LogP contribution in [0.1, 0.15) is 24.5 Å². The molecule has 1 heterocycles. The fourth-order valence-electron chi connectivity index (χ4n) is 1.93. The Morgan fingerprint density at radius 1 is 1.50 bits per heavy atom. The van der Waals surface area contributed by atoms with Crippen LogP contribution in [0.15, 0.2) is 18.3 Å². The van der Waals surface area contributed by atoms with Crippen molar-refractivity contribution in [2.45, 2.75) is 18.9 Å². The highest BCUT2D eigenvalue weighted by atomic mass is 16.5. The van der Waals surface area contributed by atoms with Gasteiger partial charge in [-0.05, 0) is 24.6 Å². The molecule has 84 valence electrons. The van der Waals surface area contributed by atoms with Crippen molar-refractivity contribution in [3.8, 4) is 5.88 Å². The van der Waals surface area contributed by atoms with E-state index in [-0.39, 0.29) is 5.78 Å². The van der Waals surface area contributed by atoms with E-state index in [0.717, 1.165) is 0 Å². The Hall–Kier alpha value is -1.68. The van der Waals surface area contributed by atoms with Gasteiger partial charge in [-0.3, -0.25) is 4.79 Å². The van der Waals surface area contributed by atoms with Gasteiger partial charge in [0.1, 0.15) is 0 Å². The van der Waals surface area contributed by atoms with Gasteiger partial charge in [0.2, 0.25) is 5.88 Å². The van der Waals surface area contributed by atoms with Crippen molar-refractivity contribution in [1.82, 2.24) is 4.98 Å². The van der Waals surface area contributed by atoms with E-state index < -0.39 is 5.60 Å². The zero-order valence-corrected chi connectivity index (χ0v) is 9.23. The number of carbonyl (C=O) groups excluding carboxylic acids is 1. The molecule has 0 saturated carbocycles. The number of aromatic nitrogens is 1. The third-order valence-electron chi connectivity index (χ3n) is 2.91. The van der Waals surface area contributed by atoms with E-state index in [0.29, 0.717) is 23.4 Å². The normalized spacial score (nSPS) is 23.1. The van der Waals surface area contributed by atoms with Crippen LogP contribution < -0.4 is 4.74 Å². The molecule has 0 amide bonds. The number of carbonyl (C=O) groups is 1. The summed E-state index contributed by atoms with van der Waals surface area (Å²) in [6.07, 6.45) is 4.87. The third-order valence-corrected chi connectivity index (χ3v) is 2.91. The van der Waals surface area contributed by atoms with Crippen molar-refractivity contribution in [3.05, 3.63) is 29.5 Å². The predicted molar refractivity (Wildman–Crippen MR) is 59.0 cm³/mol. The van der Waals surface area contributed by atoms with Gasteiger partial charge in [-0.25, -0.2) is 4.98 Å². The zero-order chi connectivity index (χ0) is 11.8. The number of pyridine rings is 1. The van der Waals surface area contributed by atoms with Gasteiger partial charge in [0, 0.05) is 17.3 Å². The van der Waals surface area contributed by atoms with E-state index >= 15 is 0 Å². The van der Waals surface area contributed by atoms with E-state index in [1.165, 1.54) is 19.4 Å². The SMILES string of the molecule is CCC1(O)C(=O)C=Cc2c1ccnc2OC. The highest BCUT2D eigenvalue weighted by Gasteiger charge is 2.39. The van der Waals surface area contributed by atoms with Crippen LogP contribution in [0.3, 0.4) is 0 Å². The molecule has 1 N–H and O–H groups in total. The van der Waals surface area contributed by atoms with Crippen molar-refractivity contribution < 1.29 is 14.6 Å². The molecule has 0 saturated heterocycles. The third kappa shape index (κ3) is 1.34. The van der Waals surface area contributed by atoms with Crippen molar-refractivity contribution >= 4 is 11.9 Å². The van der Waals surface area contributed by atoms with Crippen LogP contribution in [-0.4, -0.2) is 23.0 Å². The number of nitrogens with zero attached hydrogens (tertiary/aromatic N) is 1. The van der Waals surface area contributed by atoms with Crippen LogP contribution in [0, 0.1) is 0 Å². The van der Waals surface area contributed by atoms with Gasteiger partial charge in [0.05, 0.1) is 7.11 Å². The van der Waals surface area contributed by atoms with Crippen molar-refractivity contribution in [2.24, 2.45) is 0 Å². The topological polar surface area (TPSA) is 59.4 Å². The lowest BCUT2D eigenvalue weighted by Crippen LogP contribution is -2.36. The van der Waals surface area contributed by atoms with E-state index in [1.54, 1.807) is 19.1 Å². The lowest BCUT2D eigenvalue weighted by Gasteiger charge is -2.29. The molecule has 1 aliphatic rings. The largest absolute Gasteiger partial charge is 0.481 e. The van der Waals surface area contributed by atoms with Crippen LogP contribution in [0.2, 0.25) is 0 Å². The Balaban J connectivity index is 2.68. The molecule has 4 heteroatoms. The molecule has 1 aromatic heterocycles. The summed E-state index contributed by atoms with van der Waals surface area (Å²) >= 11 is 0. The number of ketones is 1. The summed E-state index contributed by atoms with van der Waals surface area (Å²) in [7, 11) is 1.51. The molecule has 1 aliphatic carbocycles. The minimum Gasteiger partial charge on any atom is -0.481 e. The van der Waals surface area contributed by atoms with Crippen molar-refractivity contribution in [3.63, 3.8) is 0 Å². The van der Waals surface area contributed by atoms with Crippen LogP contribution >= 0.6 is 0 Å². The van der Waals surface area contributed by atoms with E-state index in [1.807, 2.05) is 0 Å². The first kappa shape index (κ1) is 10.8. The molecular weight excluding hydrogens is 206 g/mol. The van der Waals surface area contributed by atoms with Crippen molar-refractivity contribution in [1.29, 1.82) is 0 Å². The van der Waals surface area contributed by atoms with Gasteiger partial charge in [0.15, 0.2) is 11.4 Å². The molecule has 0 bridgehead atoms. The number of ether oxygens (including phenoxy) is 1. The summed E-state index contributed by atoms with van der Waals surface area (Å²) in [5.74, 6) is 0.129. The number of rotatable bonds is 2. The van der Waals surface area contributed by atoms with Crippen LogP contribution in [0.25, 0.3) is 6.08 Å². The fraction of sp³-hybridized carbons (Fsp3) is 0.333. The van der Waals surface area contributed by atoms with Gasteiger partial charge in [-0.15, -0.1) is 0 Å². The standard InChI is InChI=1S/C12H13NO3/c1-3-12(15)9-6-7-13-11(16-2)8(9)4-5-10(12)14/h4-7,15H,3H2,1-2H3. The van der Waals surface area contributed by atoms with Gasteiger partial charge in [-0.2, -0.15) is 0 Å². The first-order valence-electron chi connectivity index (χ1n) is 5.12. The van der Waals surface area contributed by atoms with E-state index in [9.17, 15) is 9.90 Å². The second-order valence-electron chi connectivity index (χ2n) is 3.69. The number of fused-ring (bicyclic) bond motifs is 1. The van der Waals surface area contributed by atoms with E-state index in [4.69, 9.17) is 4.74 Å². The highest BCUT2D eigenvalue weighted by molar-refractivity contribution is 6.04. The molecule has 0 aliphatic heterocycles. The van der Waals surface area contributed by atoms with Gasteiger partial charge < -0.3 is 9.84 Å². The predicted octanol–water partition coefficient (Wildman–Crippen LogP) is 1.28. The van der Waals surface area contributed by atoms with E-state index in [2.05, 4.69) is 4.98 Å². The minimum atomic E-state index is -1.44. The maximum atomic E-state index is 11.7.